The number of aliphatic hydroxyl groups is 20. The molecule has 36 nitrogen and oxygen atoms in total. The average molecular weight is 1360 g/mol. The molecule has 35 atom stereocenters. The Labute approximate surface area is 532 Å². The van der Waals surface area contributed by atoms with Gasteiger partial charge in [-0.05, 0) is 18.2 Å². The molecule has 0 unspecified atom stereocenters. The van der Waals surface area contributed by atoms with Gasteiger partial charge in [0, 0.05) is 30.2 Å². The molecule has 0 spiro atoms. The summed E-state index contributed by atoms with van der Waals surface area (Å²) in [4.78, 5) is 2.92. The molecule has 2 aromatic rings. The fourth-order valence-electron chi connectivity index (χ4n) is 12.8. The van der Waals surface area contributed by atoms with E-state index in [1.807, 2.05) is 42.3 Å². The van der Waals surface area contributed by atoms with Gasteiger partial charge in [-0.1, -0.05) is 23.9 Å². The molecule has 0 radical (unpaired) electrons. The first kappa shape index (κ1) is 71.2. The van der Waals surface area contributed by atoms with Crippen LogP contribution in [0.3, 0.4) is 0 Å². The van der Waals surface area contributed by atoms with E-state index in [1.54, 1.807) is 29.0 Å². The Hall–Kier alpha value is -3.10. The van der Waals surface area contributed by atoms with Crippen LogP contribution in [0, 0.1) is 0 Å². The first-order chi connectivity index (χ1) is 44.5. The van der Waals surface area contributed by atoms with Gasteiger partial charge in [0.05, 0.1) is 50.4 Å². The third-order valence-corrected chi connectivity index (χ3v) is 19.2. The molecule has 37 heteroatoms. The largest absolute Gasteiger partial charge is 0.394 e. The maximum atomic E-state index is 12.2. The third kappa shape index (κ3) is 14.0. The number of rotatable bonds is 9. The molecule has 22 aliphatic heterocycles. The van der Waals surface area contributed by atoms with Crippen molar-refractivity contribution in [1.82, 2.24) is 0 Å². The van der Waals surface area contributed by atoms with E-state index in [0.717, 1.165) is 15.6 Å². The number of benzene rings is 1. The van der Waals surface area contributed by atoms with Gasteiger partial charge in [0.1, 0.15) is 171 Å². The minimum Gasteiger partial charge on any atom is -0.394 e. The quantitative estimate of drug-likeness (QED) is 0.104. The van der Waals surface area contributed by atoms with E-state index < -0.39 is 255 Å². The highest BCUT2D eigenvalue weighted by atomic mass is 32.2. The Morgan fingerprint density at radius 3 is 0.882 bits per heavy atom. The van der Waals surface area contributed by atoms with Crippen LogP contribution in [0.5, 0.6) is 0 Å². The predicted octanol–water partition coefficient (Wildman–Crippen LogP) is -11.7. The number of aromatic nitrogens is 1. The number of pyridine rings is 1. The van der Waals surface area contributed by atoms with Crippen molar-refractivity contribution in [3.05, 3.63) is 59.4 Å². The van der Waals surface area contributed by atoms with E-state index in [4.69, 9.17) is 66.3 Å². The van der Waals surface area contributed by atoms with Crippen molar-refractivity contribution in [2.24, 2.45) is 0 Å². The minimum absolute atomic E-state index is 0.309. The van der Waals surface area contributed by atoms with Gasteiger partial charge in [-0.2, -0.15) is 4.57 Å². The molecule has 21 saturated heterocycles. The molecule has 0 saturated carbocycles. The minimum atomic E-state index is -2.22. The maximum absolute atomic E-state index is 12.2. The molecule has 14 bridgehead atoms. The van der Waals surface area contributed by atoms with E-state index in [1.165, 1.54) is 11.8 Å². The molecule has 23 heterocycles. The predicted molar refractivity (Wildman–Crippen MR) is 297 cm³/mol. The molecule has 20 N–H and O–H groups in total. The second kappa shape index (κ2) is 30.2. The summed E-state index contributed by atoms with van der Waals surface area (Å²) in [5.74, 6) is 0. The molecule has 1 aromatic heterocycles. The number of fused-ring (bicyclic) bond motifs is 1. The number of aliphatic hydroxyl groups excluding tert-OH is 20. The topological polar surface area (TPSA) is 541 Å². The van der Waals surface area contributed by atoms with Gasteiger partial charge in [0.15, 0.2) is 56.8 Å². The molecule has 1 aromatic carbocycles. The molecule has 0 amide bonds. The number of hydrogen-bond donors (Lipinski definition) is 20. The molecule has 524 valence electrons. The summed E-state index contributed by atoms with van der Waals surface area (Å²) in [6.45, 7) is -6.58. The Kier molecular flexibility index (Phi) is 23.1. The zero-order valence-electron chi connectivity index (χ0n) is 49.3. The van der Waals surface area contributed by atoms with Gasteiger partial charge in [0.25, 0.3) is 0 Å². The van der Waals surface area contributed by atoms with Crippen LogP contribution in [-0.4, -0.2) is 364 Å². The van der Waals surface area contributed by atoms with Crippen molar-refractivity contribution in [2.75, 3.05) is 51.6 Å². The number of nitrogens with zero attached hydrogens (tertiary/aromatic N) is 2. The highest BCUT2D eigenvalue weighted by Crippen LogP contribution is 2.46. The van der Waals surface area contributed by atoms with Gasteiger partial charge in [0.2, 0.25) is 5.69 Å². The van der Waals surface area contributed by atoms with E-state index in [0.29, 0.717) is 5.69 Å². The van der Waals surface area contributed by atoms with Crippen LogP contribution in [0.1, 0.15) is 5.69 Å². The van der Waals surface area contributed by atoms with Gasteiger partial charge in [-0.3, -0.25) is 0 Å². The highest BCUT2D eigenvalue weighted by Gasteiger charge is 2.60. The molecule has 22 aliphatic rings. The smallest absolute Gasteiger partial charge is 0.207 e. The van der Waals surface area contributed by atoms with Crippen LogP contribution in [0.15, 0.2) is 58.6 Å². The molecule has 0 aliphatic carbocycles. The molecular weight excluding hydrogens is 1280 g/mol. The van der Waals surface area contributed by atoms with Crippen molar-refractivity contribution >= 4 is 23.5 Å². The lowest BCUT2D eigenvalue weighted by atomic mass is 9.95. The molecule has 24 rings (SSSR count). The van der Waals surface area contributed by atoms with Crippen molar-refractivity contribution in [3.63, 3.8) is 0 Å². The molecule has 21 fully saturated rings. The standard InChI is InChI=1S/C56H81N2O34S/c1-57-19-7-2-3-8-27(19)93-28(57)10-18-6-4-5-9-58(18)11-20-43-29(65)36(72)50(79-20)87-44-21(12-59)81-52(38(74)31(44)67)89-46-23(14-61)83-54(40(76)33(46)69)91-48-25(16-63)85-56(42(78)35(48)71)92-49-26(17-64)84-55(41(77)34(49)70)90-47-24(15-62)82-53(39(75)32(47)68)88-45-22(13-60)80-51(86-43)37(73)30(45)66/h2-10,20-26,29-56,59-78H,11-17H2,1H3/q+1/t20-,21-,22-,23-,24-,25-,26-,29-,30-,31-,32-,33-,34-,35-,36-,37-,38-,39-,40-,41-,42-,43-,44-,45-,46-,47-,48-,49-,50-,51-,52-,53-,54-,55-,56-/m1/s1. The van der Waals surface area contributed by atoms with Crippen molar-refractivity contribution in [3.8, 4) is 0 Å². The van der Waals surface area contributed by atoms with Crippen molar-refractivity contribution in [2.45, 2.75) is 226 Å². The number of para-hydroxylation sites is 1. The van der Waals surface area contributed by atoms with Gasteiger partial charge in [-0.15, -0.1) is 0 Å². The van der Waals surface area contributed by atoms with Crippen LogP contribution >= 0.6 is 11.8 Å². The Balaban J connectivity index is 0.909. The van der Waals surface area contributed by atoms with Crippen LogP contribution in [0.25, 0.3) is 6.08 Å². The SMILES string of the molecule is CN1/C(=C/c2cccc[n+]2C[C@H]2O[C@@H]3O[C@H]4[C@H](O)[C@@H](O)[C@@H](O[C@H]5[C@H](O)[C@@H](O)[C@@H](O[C@H]6[C@H](O)[C@@H](O)[C@@H](O[C@H]7[C@H](O)[C@@H](O)[C@@H](O[C@H]8[C@H](O)[C@@H](O)[C@@H](O[C@H]9[C@H](O)[C@@H](O)[C@@H](O[C@H]2[C@H](O)[C@H]3O)O[C@@H]9CO)O[C@@H]8CO)O[C@@H]7CO)O[C@@H]6CO)O[C@@H]5CO)O[C@@H]4CO)Sc2ccccc21. The van der Waals surface area contributed by atoms with Crippen LogP contribution < -0.4 is 9.47 Å². The number of ether oxygens (including phenoxy) is 14. The fourth-order valence-corrected chi connectivity index (χ4v) is 13.9. The monoisotopic (exact) mass is 1360 g/mol. The zero-order valence-corrected chi connectivity index (χ0v) is 50.1. The fraction of sp³-hybridized carbons (Fsp3) is 0.768. The summed E-state index contributed by atoms with van der Waals surface area (Å²) < 4.78 is 84.3. The summed E-state index contributed by atoms with van der Waals surface area (Å²) in [7, 11) is 1.86. The lowest BCUT2D eigenvalue weighted by Crippen LogP contribution is -2.69. The number of hydrogen-bond acceptors (Lipinski definition) is 36. The zero-order chi connectivity index (χ0) is 66.6. The summed E-state index contributed by atoms with van der Waals surface area (Å²) in [6, 6.07) is 12.8. The summed E-state index contributed by atoms with van der Waals surface area (Å²) in [5, 5.41) is 227. The number of thioether (sulfide) groups is 1. The van der Waals surface area contributed by atoms with E-state index in [-0.39, 0.29) is 6.54 Å². The molecule has 93 heavy (non-hydrogen) atoms. The Morgan fingerprint density at radius 2 is 0.602 bits per heavy atom. The summed E-state index contributed by atoms with van der Waals surface area (Å²) in [6.07, 6.45) is -66.6. The van der Waals surface area contributed by atoms with Crippen molar-refractivity contribution < 1.29 is 173 Å². The van der Waals surface area contributed by atoms with Gasteiger partial charge in [-0.25, -0.2) is 0 Å². The Morgan fingerprint density at radius 1 is 0.344 bits per heavy atom. The van der Waals surface area contributed by atoms with Crippen LogP contribution in [0.4, 0.5) is 5.69 Å². The Bertz CT molecular complexity index is 2780. The summed E-state index contributed by atoms with van der Waals surface area (Å²) >= 11 is 1.47. The van der Waals surface area contributed by atoms with Crippen molar-refractivity contribution in [1.29, 1.82) is 0 Å². The number of anilines is 1. The van der Waals surface area contributed by atoms with Crippen LogP contribution in [0.2, 0.25) is 0 Å². The van der Waals surface area contributed by atoms with E-state index >= 15 is 0 Å². The summed E-state index contributed by atoms with van der Waals surface area (Å²) in [5.41, 5.74) is 1.46. The van der Waals surface area contributed by atoms with E-state index in [2.05, 4.69) is 0 Å². The van der Waals surface area contributed by atoms with Gasteiger partial charge < -0.3 is 173 Å². The highest BCUT2D eigenvalue weighted by molar-refractivity contribution is 8.03. The first-order valence-electron chi connectivity index (χ1n) is 30.1. The first-order valence-corrected chi connectivity index (χ1v) is 30.9. The van der Waals surface area contributed by atoms with Gasteiger partial charge >= 0.3 is 0 Å². The second-order valence-corrected chi connectivity index (χ2v) is 24.9. The van der Waals surface area contributed by atoms with Crippen LogP contribution in [-0.2, 0) is 72.9 Å². The maximum Gasteiger partial charge on any atom is 0.207 e. The lowest BCUT2D eigenvalue weighted by Gasteiger charge is -2.50. The van der Waals surface area contributed by atoms with E-state index in [9.17, 15) is 102 Å². The normalized spacial score (nSPS) is 48.9. The average Bonchev–Trinajstić information content (AvgIpc) is 1.54. The second-order valence-electron chi connectivity index (χ2n) is 23.9. The third-order valence-electron chi connectivity index (χ3n) is 18.0. The lowest BCUT2D eigenvalue weighted by molar-refractivity contribution is -0.709. The molecular formula is C56H81N2O34S+.